The highest BCUT2D eigenvalue weighted by Crippen LogP contribution is 2.34. The van der Waals surface area contributed by atoms with Gasteiger partial charge in [-0.3, -0.25) is 0 Å². The van der Waals surface area contributed by atoms with Gasteiger partial charge >= 0.3 is 0 Å². The second-order valence-electron chi connectivity index (χ2n) is 8.87. The number of aromatic nitrogens is 2. The topological polar surface area (TPSA) is 65.7 Å². The Morgan fingerprint density at radius 2 is 1.91 bits per heavy atom. The molecule has 1 aliphatic rings. The molecule has 168 valence electrons. The Hall–Kier alpha value is -3.43. The molecule has 3 aromatic rings. The number of allylic oxidation sites excluding steroid dienone is 1. The fourth-order valence-electron chi connectivity index (χ4n) is 4.47. The average molecular weight is 456 g/mol. The molecular formula is C27H29N5S. The van der Waals surface area contributed by atoms with Crippen molar-refractivity contribution in [1.82, 2.24) is 15.1 Å². The molecule has 2 unspecified atom stereocenters. The number of nitrogens with zero attached hydrogens (tertiary/aromatic N) is 3. The van der Waals surface area contributed by atoms with Gasteiger partial charge in [0.15, 0.2) is 5.11 Å². The maximum absolute atomic E-state index is 9.07. The van der Waals surface area contributed by atoms with Crippen molar-refractivity contribution < 1.29 is 0 Å². The summed E-state index contributed by atoms with van der Waals surface area (Å²) in [6.07, 6.45) is 5.34. The fraction of sp³-hybridized carbons (Fsp3) is 0.296. The zero-order valence-corrected chi connectivity index (χ0v) is 20.3. The van der Waals surface area contributed by atoms with E-state index in [1.807, 2.05) is 12.1 Å². The van der Waals surface area contributed by atoms with E-state index in [0.29, 0.717) is 16.6 Å². The molecular weight excluding hydrogens is 426 g/mol. The van der Waals surface area contributed by atoms with Gasteiger partial charge in [-0.25, -0.2) is 4.68 Å². The Kier molecular flexibility index (Phi) is 6.62. The van der Waals surface area contributed by atoms with Gasteiger partial charge in [0.2, 0.25) is 0 Å². The van der Waals surface area contributed by atoms with Crippen LogP contribution in [0.15, 0.2) is 60.7 Å². The lowest BCUT2D eigenvalue weighted by Gasteiger charge is -2.17. The Morgan fingerprint density at radius 3 is 2.61 bits per heavy atom. The third-order valence-corrected chi connectivity index (χ3v) is 6.39. The third-order valence-electron chi connectivity index (χ3n) is 6.17. The van der Waals surface area contributed by atoms with Gasteiger partial charge in [-0.05, 0) is 74.3 Å². The molecule has 0 saturated heterocycles. The summed E-state index contributed by atoms with van der Waals surface area (Å²) < 4.78 is 2.05. The van der Waals surface area contributed by atoms with Crippen LogP contribution in [0.25, 0.3) is 5.69 Å². The summed E-state index contributed by atoms with van der Waals surface area (Å²) in [7, 11) is 0. The van der Waals surface area contributed by atoms with E-state index in [-0.39, 0.29) is 12.0 Å². The number of hydrogen-bond acceptors (Lipinski definition) is 3. The Bertz CT molecular complexity index is 1230. The summed E-state index contributed by atoms with van der Waals surface area (Å²) in [5.41, 5.74) is 7.35. The first kappa shape index (κ1) is 22.8. The summed E-state index contributed by atoms with van der Waals surface area (Å²) >= 11 is 5.50. The van der Waals surface area contributed by atoms with Gasteiger partial charge in [0.1, 0.15) is 0 Å². The first-order valence-electron chi connectivity index (χ1n) is 11.3. The van der Waals surface area contributed by atoms with E-state index in [1.54, 1.807) is 12.1 Å². The van der Waals surface area contributed by atoms with E-state index < -0.39 is 0 Å². The minimum Gasteiger partial charge on any atom is -0.356 e. The molecule has 0 aliphatic heterocycles. The number of aryl methyl sites for hydroxylation is 1. The molecule has 2 atom stereocenters. The normalized spacial score (nSPS) is 17.2. The van der Waals surface area contributed by atoms with E-state index in [2.05, 4.69) is 85.5 Å². The van der Waals surface area contributed by atoms with E-state index in [9.17, 15) is 0 Å². The van der Waals surface area contributed by atoms with Crippen LogP contribution in [-0.4, -0.2) is 20.9 Å². The van der Waals surface area contributed by atoms with Crippen molar-refractivity contribution in [2.45, 2.75) is 52.0 Å². The first-order valence-corrected chi connectivity index (χ1v) is 11.7. The van der Waals surface area contributed by atoms with Crippen molar-refractivity contribution in [1.29, 1.82) is 5.26 Å². The number of rotatable bonds is 5. The van der Waals surface area contributed by atoms with Crippen LogP contribution in [0.2, 0.25) is 0 Å². The van der Waals surface area contributed by atoms with Gasteiger partial charge in [0.25, 0.3) is 0 Å². The van der Waals surface area contributed by atoms with Crippen molar-refractivity contribution in [3.8, 4) is 11.8 Å². The lowest BCUT2D eigenvalue weighted by atomic mass is 9.96. The predicted molar refractivity (Wildman–Crippen MR) is 138 cm³/mol. The zero-order chi connectivity index (χ0) is 23.5. The summed E-state index contributed by atoms with van der Waals surface area (Å²) in [6.45, 7) is 8.65. The maximum atomic E-state index is 9.07. The second-order valence-corrected chi connectivity index (χ2v) is 9.28. The lowest BCUT2D eigenvalue weighted by Crippen LogP contribution is -2.35. The van der Waals surface area contributed by atoms with Crippen molar-refractivity contribution in [2.24, 2.45) is 0 Å². The quantitative estimate of drug-likeness (QED) is 0.371. The molecule has 0 saturated carbocycles. The average Bonchev–Trinajstić information content (AvgIpc) is 3.36. The van der Waals surface area contributed by atoms with Crippen LogP contribution in [0.4, 0.5) is 5.69 Å². The molecule has 0 spiro atoms. The summed E-state index contributed by atoms with van der Waals surface area (Å²) in [4.78, 5) is 0. The number of anilines is 1. The van der Waals surface area contributed by atoms with Gasteiger partial charge < -0.3 is 10.6 Å². The van der Waals surface area contributed by atoms with Gasteiger partial charge in [0.05, 0.1) is 23.0 Å². The number of nitriles is 1. The van der Waals surface area contributed by atoms with E-state index in [1.165, 1.54) is 16.8 Å². The van der Waals surface area contributed by atoms with E-state index in [4.69, 9.17) is 22.6 Å². The fourth-order valence-corrected chi connectivity index (χ4v) is 4.73. The smallest absolute Gasteiger partial charge is 0.171 e. The van der Waals surface area contributed by atoms with Crippen molar-refractivity contribution in [3.63, 3.8) is 0 Å². The van der Waals surface area contributed by atoms with Crippen LogP contribution in [0.1, 0.15) is 60.2 Å². The highest BCUT2D eigenvalue weighted by atomic mass is 32.1. The molecule has 2 N–H and O–H groups in total. The molecule has 1 aliphatic carbocycles. The van der Waals surface area contributed by atoms with Crippen LogP contribution in [0.3, 0.4) is 0 Å². The standard InChI is InChI=1S/C27H29N5S/c1-17(2)21-9-12-25(13-10-21)32-19(4)26(18(3)31-32)22-8-11-24(15-22)30-27(33)29-23-7-5-6-20(14-23)16-28/h5-14,17,22,24H,15H2,1-4H3,(H2,29,30,33). The number of nitrogens with one attached hydrogen (secondary N) is 2. The van der Waals surface area contributed by atoms with E-state index >= 15 is 0 Å². The van der Waals surface area contributed by atoms with Gasteiger partial charge in [-0.15, -0.1) is 0 Å². The van der Waals surface area contributed by atoms with Crippen LogP contribution in [0, 0.1) is 25.2 Å². The van der Waals surface area contributed by atoms with Crippen LogP contribution < -0.4 is 10.6 Å². The molecule has 6 heteroatoms. The molecule has 5 nitrogen and oxygen atoms in total. The SMILES string of the molecule is Cc1nn(-c2ccc(C(C)C)cc2)c(C)c1C1C=CC(NC(=S)Nc2cccc(C#N)c2)C1. The molecule has 33 heavy (non-hydrogen) atoms. The molecule has 2 aromatic carbocycles. The molecule has 0 bridgehead atoms. The number of thiocarbonyl (C=S) groups is 1. The van der Waals surface area contributed by atoms with Crippen molar-refractivity contribution in [3.05, 3.63) is 88.8 Å². The Balaban J connectivity index is 1.43. The molecule has 0 fully saturated rings. The maximum Gasteiger partial charge on any atom is 0.171 e. The van der Waals surface area contributed by atoms with Gasteiger partial charge in [-0.2, -0.15) is 10.4 Å². The first-order chi connectivity index (χ1) is 15.9. The summed E-state index contributed by atoms with van der Waals surface area (Å²) in [5, 5.41) is 21.0. The molecule has 1 aromatic heterocycles. The number of hydrogen-bond donors (Lipinski definition) is 2. The highest BCUT2D eigenvalue weighted by molar-refractivity contribution is 7.80. The minimum absolute atomic E-state index is 0.140. The van der Waals surface area contributed by atoms with Crippen LogP contribution >= 0.6 is 12.2 Å². The van der Waals surface area contributed by atoms with Crippen LogP contribution in [0.5, 0.6) is 0 Å². The van der Waals surface area contributed by atoms with Gasteiger partial charge in [-0.1, -0.05) is 44.2 Å². The van der Waals surface area contributed by atoms with Crippen LogP contribution in [-0.2, 0) is 0 Å². The predicted octanol–water partition coefficient (Wildman–Crippen LogP) is 5.88. The monoisotopic (exact) mass is 455 g/mol. The molecule has 1 heterocycles. The summed E-state index contributed by atoms with van der Waals surface area (Å²) in [5.74, 6) is 0.801. The summed E-state index contributed by atoms with van der Waals surface area (Å²) in [6, 6.07) is 18.3. The molecule has 0 radical (unpaired) electrons. The highest BCUT2D eigenvalue weighted by Gasteiger charge is 2.26. The minimum atomic E-state index is 0.140. The largest absolute Gasteiger partial charge is 0.356 e. The molecule has 0 amide bonds. The van der Waals surface area contributed by atoms with Crippen molar-refractivity contribution in [2.75, 3.05) is 5.32 Å². The Morgan fingerprint density at radius 1 is 1.15 bits per heavy atom. The third kappa shape index (κ3) is 4.99. The van der Waals surface area contributed by atoms with Gasteiger partial charge in [0, 0.05) is 28.9 Å². The molecule has 4 rings (SSSR count). The van der Waals surface area contributed by atoms with E-state index in [0.717, 1.165) is 23.5 Å². The van der Waals surface area contributed by atoms with Crippen molar-refractivity contribution >= 4 is 23.0 Å². The zero-order valence-electron chi connectivity index (χ0n) is 19.5. The Labute approximate surface area is 201 Å². The number of benzene rings is 2. The second kappa shape index (κ2) is 9.60. The lowest BCUT2D eigenvalue weighted by molar-refractivity contribution is 0.656.